The van der Waals surface area contributed by atoms with Gasteiger partial charge in [0.2, 0.25) is 17.7 Å². The number of fused-ring (bicyclic) bond motifs is 1. The van der Waals surface area contributed by atoms with Crippen molar-refractivity contribution in [1.82, 2.24) is 20.9 Å². The van der Waals surface area contributed by atoms with Crippen molar-refractivity contribution < 1.29 is 34.2 Å². The second-order valence-corrected chi connectivity index (χ2v) is 10.2. The third-order valence-electron chi connectivity index (χ3n) is 7.35. The molecule has 12 nitrogen and oxygen atoms in total. The molecule has 0 aliphatic rings. The average Bonchev–Trinajstić information content (AvgIpc) is 3.34. The van der Waals surface area contributed by atoms with Gasteiger partial charge in [-0.15, -0.1) is 0 Å². The number of aromatic amines is 1. The topological polar surface area (TPSA) is 204 Å². The Morgan fingerprint density at radius 3 is 2.08 bits per heavy atom. The van der Waals surface area contributed by atoms with Crippen molar-refractivity contribution in [3.63, 3.8) is 0 Å². The highest BCUT2D eigenvalue weighted by atomic mass is 16.4. The molecule has 40 heavy (non-hydrogen) atoms. The molecule has 0 saturated carbocycles. The number of carboxylic acid groups (broad SMARTS) is 2. The number of carbonyl (C=O) groups excluding carboxylic acids is 3. The maximum atomic E-state index is 13.6. The van der Waals surface area contributed by atoms with Crippen molar-refractivity contribution >= 4 is 40.6 Å². The van der Waals surface area contributed by atoms with Crippen molar-refractivity contribution in [3.8, 4) is 0 Å². The Labute approximate surface area is 233 Å². The fourth-order valence-corrected chi connectivity index (χ4v) is 4.26. The Morgan fingerprint density at radius 1 is 0.875 bits per heavy atom. The Bertz CT molecular complexity index is 1200. The number of hydrogen-bond acceptors (Lipinski definition) is 6. The zero-order valence-electron chi connectivity index (χ0n) is 23.4. The highest BCUT2D eigenvalue weighted by molar-refractivity contribution is 5.95. The van der Waals surface area contributed by atoms with Gasteiger partial charge in [0.15, 0.2) is 0 Å². The zero-order chi connectivity index (χ0) is 30.0. The second kappa shape index (κ2) is 15.0. The zero-order valence-corrected chi connectivity index (χ0v) is 23.4. The van der Waals surface area contributed by atoms with Gasteiger partial charge in [0.1, 0.15) is 18.1 Å². The molecule has 220 valence electrons. The van der Waals surface area contributed by atoms with Crippen LogP contribution in [0.25, 0.3) is 10.9 Å². The highest BCUT2D eigenvalue weighted by Gasteiger charge is 2.33. The summed E-state index contributed by atoms with van der Waals surface area (Å²) in [5, 5.41) is 27.3. The molecule has 0 bridgehead atoms. The number of aliphatic carboxylic acids is 2. The number of benzene rings is 1. The number of H-pyrrole nitrogens is 1. The largest absolute Gasteiger partial charge is 0.481 e. The summed E-state index contributed by atoms with van der Waals surface area (Å²) in [7, 11) is 0. The van der Waals surface area contributed by atoms with Crippen LogP contribution in [-0.2, 0) is 30.4 Å². The molecule has 0 spiro atoms. The summed E-state index contributed by atoms with van der Waals surface area (Å²) in [4.78, 5) is 65.8. The summed E-state index contributed by atoms with van der Waals surface area (Å²) in [5.41, 5.74) is 7.68. The predicted molar refractivity (Wildman–Crippen MR) is 149 cm³/mol. The molecule has 2 rings (SSSR count). The quantitative estimate of drug-likeness (QED) is 0.160. The minimum absolute atomic E-state index is 0.0622. The molecule has 8 N–H and O–H groups in total. The van der Waals surface area contributed by atoms with Crippen LogP contribution in [0.2, 0.25) is 0 Å². The predicted octanol–water partition coefficient (Wildman–Crippen LogP) is 1.53. The number of aromatic nitrogens is 1. The van der Waals surface area contributed by atoms with E-state index in [4.69, 9.17) is 5.73 Å². The molecule has 1 aromatic heterocycles. The molecule has 1 heterocycles. The van der Waals surface area contributed by atoms with Gasteiger partial charge >= 0.3 is 11.9 Å². The van der Waals surface area contributed by atoms with E-state index < -0.39 is 66.2 Å². The lowest BCUT2D eigenvalue weighted by Crippen LogP contribution is -2.58. The third kappa shape index (κ3) is 8.80. The maximum absolute atomic E-state index is 13.6. The van der Waals surface area contributed by atoms with Crippen LogP contribution < -0.4 is 21.7 Å². The maximum Gasteiger partial charge on any atom is 0.326 e. The van der Waals surface area contributed by atoms with Gasteiger partial charge in [-0.25, -0.2) is 4.79 Å². The van der Waals surface area contributed by atoms with Crippen molar-refractivity contribution in [2.75, 3.05) is 0 Å². The molecule has 0 saturated heterocycles. The van der Waals surface area contributed by atoms with Crippen LogP contribution in [0.3, 0.4) is 0 Å². The van der Waals surface area contributed by atoms with E-state index in [0.717, 1.165) is 16.5 Å². The minimum atomic E-state index is -1.35. The standard InChI is InChI=1S/C28H41N5O7/c1-5-15(3)23(29)27(38)32-21(13-17-14-30-19-10-8-7-9-18(17)19)26(37)31-20(11-12-22(34)35)25(36)33-24(28(39)40)16(4)6-2/h7-10,14-16,20-21,23-24,30H,5-6,11-13,29H2,1-4H3,(H,31,37)(H,32,38)(H,33,36)(H,34,35)(H,39,40). The summed E-state index contributed by atoms with van der Waals surface area (Å²) >= 11 is 0. The van der Waals surface area contributed by atoms with Crippen molar-refractivity contribution in [2.45, 2.75) is 84.0 Å². The van der Waals surface area contributed by atoms with Crippen LogP contribution in [-0.4, -0.2) is 69.0 Å². The number of nitrogens with one attached hydrogen (secondary N) is 4. The smallest absolute Gasteiger partial charge is 0.326 e. The Morgan fingerprint density at radius 2 is 1.48 bits per heavy atom. The minimum Gasteiger partial charge on any atom is -0.481 e. The van der Waals surface area contributed by atoms with E-state index in [1.165, 1.54) is 0 Å². The Hall–Kier alpha value is -3.93. The van der Waals surface area contributed by atoms with Crippen LogP contribution in [0.1, 0.15) is 58.9 Å². The van der Waals surface area contributed by atoms with Gasteiger partial charge in [0, 0.05) is 29.9 Å². The molecule has 2 aromatic rings. The summed E-state index contributed by atoms with van der Waals surface area (Å²) in [5.74, 6) is -5.08. The number of rotatable bonds is 16. The van der Waals surface area contributed by atoms with E-state index in [1.807, 2.05) is 38.1 Å². The fraction of sp³-hybridized carbons (Fsp3) is 0.536. The molecule has 0 aliphatic carbocycles. The van der Waals surface area contributed by atoms with Gasteiger partial charge in [0.05, 0.1) is 6.04 Å². The lowest BCUT2D eigenvalue weighted by Gasteiger charge is -2.27. The molecule has 6 atom stereocenters. The van der Waals surface area contributed by atoms with E-state index in [9.17, 15) is 34.2 Å². The number of hydrogen-bond donors (Lipinski definition) is 7. The van der Waals surface area contributed by atoms with Gasteiger partial charge in [-0.3, -0.25) is 19.2 Å². The molecule has 0 radical (unpaired) electrons. The van der Waals surface area contributed by atoms with Gasteiger partial charge in [-0.2, -0.15) is 0 Å². The first-order valence-electron chi connectivity index (χ1n) is 13.6. The fourth-order valence-electron chi connectivity index (χ4n) is 4.26. The number of carboxylic acids is 2. The van der Waals surface area contributed by atoms with Crippen LogP contribution >= 0.6 is 0 Å². The SMILES string of the molecule is CCC(C)C(N)C(=O)NC(Cc1c[nH]c2ccccc12)C(=O)NC(CCC(=O)O)C(=O)NC(C(=O)O)C(C)CC. The van der Waals surface area contributed by atoms with Crippen LogP contribution in [0.5, 0.6) is 0 Å². The summed E-state index contributed by atoms with van der Waals surface area (Å²) in [6.45, 7) is 7.15. The van der Waals surface area contributed by atoms with E-state index in [0.29, 0.717) is 12.8 Å². The first-order valence-corrected chi connectivity index (χ1v) is 13.6. The molecule has 3 amide bonds. The molecular weight excluding hydrogens is 518 g/mol. The average molecular weight is 560 g/mol. The van der Waals surface area contributed by atoms with Crippen molar-refractivity contribution in [3.05, 3.63) is 36.0 Å². The van der Waals surface area contributed by atoms with E-state index >= 15 is 0 Å². The van der Waals surface area contributed by atoms with Crippen LogP contribution in [0.4, 0.5) is 0 Å². The first-order chi connectivity index (χ1) is 18.9. The normalized spacial score (nSPS) is 15.7. The monoisotopic (exact) mass is 559 g/mol. The third-order valence-corrected chi connectivity index (χ3v) is 7.35. The number of amides is 3. The van der Waals surface area contributed by atoms with E-state index in [-0.39, 0.29) is 18.8 Å². The lowest BCUT2D eigenvalue weighted by molar-refractivity contribution is -0.144. The Kier molecular flexibility index (Phi) is 12.1. The second-order valence-electron chi connectivity index (χ2n) is 10.2. The number of carbonyl (C=O) groups is 5. The van der Waals surface area contributed by atoms with Gasteiger partial charge in [0.25, 0.3) is 0 Å². The summed E-state index contributed by atoms with van der Waals surface area (Å²) < 4.78 is 0. The summed E-state index contributed by atoms with van der Waals surface area (Å²) in [6, 6.07) is 2.84. The molecule has 6 unspecified atom stereocenters. The van der Waals surface area contributed by atoms with E-state index in [2.05, 4.69) is 20.9 Å². The molecular formula is C28H41N5O7. The molecule has 1 aromatic carbocycles. The highest BCUT2D eigenvalue weighted by Crippen LogP contribution is 2.20. The number of nitrogens with two attached hydrogens (primary N) is 1. The number of para-hydroxylation sites is 1. The van der Waals surface area contributed by atoms with Crippen LogP contribution in [0.15, 0.2) is 30.5 Å². The van der Waals surface area contributed by atoms with Gasteiger partial charge < -0.3 is 36.9 Å². The first kappa shape index (κ1) is 32.3. The lowest BCUT2D eigenvalue weighted by atomic mass is 9.97. The van der Waals surface area contributed by atoms with Crippen molar-refractivity contribution in [1.29, 1.82) is 0 Å². The van der Waals surface area contributed by atoms with Gasteiger partial charge in [-0.05, 0) is 29.9 Å². The summed E-state index contributed by atoms with van der Waals surface area (Å²) in [6.07, 6.45) is 2.18. The van der Waals surface area contributed by atoms with Gasteiger partial charge in [-0.1, -0.05) is 58.7 Å². The molecule has 0 aliphatic heterocycles. The van der Waals surface area contributed by atoms with E-state index in [1.54, 1.807) is 20.0 Å². The molecule has 12 heteroatoms. The van der Waals surface area contributed by atoms with Crippen LogP contribution in [0, 0.1) is 11.8 Å². The Balaban J connectivity index is 2.34. The molecule has 0 fully saturated rings. The van der Waals surface area contributed by atoms with Crippen molar-refractivity contribution in [2.24, 2.45) is 17.6 Å².